The molecule has 22 heavy (non-hydrogen) atoms. The lowest BCUT2D eigenvalue weighted by molar-refractivity contribution is 0.102. The monoisotopic (exact) mass is 295 g/mol. The maximum atomic E-state index is 11.9. The number of amides is 1. The number of carbonyl (C=O) groups excluding carboxylic acids is 1. The van der Waals surface area contributed by atoms with Crippen molar-refractivity contribution in [3.63, 3.8) is 0 Å². The number of H-pyrrole nitrogens is 1. The molecule has 0 saturated heterocycles. The lowest BCUT2D eigenvalue weighted by atomic mass is 10.2. The number of nitrogens with one attached hydrogen (secondary N) is 2. The first kappa shape index (κ1) is 13.7. The number of rotatable bonds is 4. The summed E-state index contributed by atoms with van der Waals surface area (Å²) in [5.74, 6) is -0.00450. The molecule has 1 aromatic carbocycles. The average Bonchev–Trinajstić information content (AvgIpc) is 2.96. The van der Waals surface area contributed by atoms with Gasteiger partial charge >= 0.3 is 0 Å². The highest BCUT2D eigenvalue weighted by Crippen LogP contribution is 2.07. The summed E-state index contributed by atoms with van der Waals surface area (Å²) in [6.45, 7) is 0.619. The van der Waals surface area contributed by atoms with Gasteiger partial charge in [-0.1, -0.05) is 30.3 Å². The Bertz CT molecular complexity index is 818. The molecule has 0 atom stereocenters. The molecule has 0 unspecified atom stereocenters. The smallest absolute Gasteiger partial charge is 0.277 e. The van der Waals surface area contributed by atoms with Gasteiger partial charge in [-0.2, -0.15) is 10.2 Å². The Morgan fingerprint density at radius 2 is 1.95 bits per heavy atom. The molecule has 110 valence electrons. The van der Waals surface area contributed by atoms with Gasteiger partial charge in [0.25, 0.3) is 11.5 Å². The number of nitrogens with zero attached hydrogens (tertiary/aromatic N) is 3. The van der Waals surface area contributed by atoms with E-state index in [1.807, 2.05) is 30.3 Å². The number of hydrogen-bond acceptors (Lipinski definition) is 4. The van der Waals surface area contributed by atoms with E-state index in [1.165, 1.54) is 12.1 Å². The molecule has 0 spiro atoms. The standard InChI is InChI=1S/C15H13N5O2/c21-14-7-6-12(17-18-14)15(22)16-13-8-9-20(19-13)10-11-4-2-1-3-5-11/h1-9H,10H2,(H,18,21)(H,16,19,22). The third kappa shape index (κ3) is 3.26. The highest BCUT2D eigenvalue weighted by Gasteiger charge is 2.09. The van der Waals surface area contributed by atoms with Crippen molar-refractivity contribution in [2.45, 2.75) is 6.54 Å². The van der Waals surface area contributed by atoms with E-state index in [9.17, 15) is 9.59 Å². The molecular weight excluding hydrogens is 282 g/mol. The highest BCUT2D eigenvalue weighted by molar-refractivity contribution is 6.02. The highest BCUT2D eigenvalue weighted by atomic mass is 16.2. The summed E-state index contributed by atoms with van der Waals surface area (Å²) in [5, 5.41) is 12.8. The lowest BCUT2D eigenvalue weighted by Crippen LogP contribution is -2.18. The van der Waals surface area contributed by atoms with Gasteiger partial charge in [0.1, 0.15) is 5.69 Å². The van der Waals surface area contributed by atoms with Crippen molar-refractivity contribution in [1.82, 2.24) is 20.0 Å². The molecule has 1 amide bonds. The molecule has 7 heteroatoms. The van der Waals surface area contributed by atoms with E-state index < -0.39 is 5.91 Å². The van der Waals surface area contributed by atoms with Gasteiger partial charge in [-0.25, -0.2) is 5.10 Å². The molecule has 2 N–H and O–H groups in total. The van der Waals surface area contributed by atoms with Crippen LogP contribution >= 0.6 is 0 Å². The maximum Gasteiger partial charge on any atom is 0.277 e. The van der Waals surface area contributed by atoms with Gasteiger partial charge in [-0.15, -0.1) is 0 Å². The van der Waals surface area contributed by atoms with E-state index in [0.29, 0.717) is 12.4 Å². The van der Waals surface area contributed by atoms with E-state index in [0.717, 1.165) is 5.56 Å². The fourth-order valence-corrected chi connectivity index (χ4v) is 1.94. The van der Waals surface area contributed by atoms with E-state index in [-0.39, 0.29) is 11.3 Å². The Balaban J connectivity index is 1.67. The van der Waals surface area contributed by atoms with E-state index >= 15 is 0 Å². The second-order valence-electron chi connectivity index (χ2n) is 4.64. The summed E-state index contributed by atoms with van der Waals surface area (Å²) in [4.78, 5) is 22.9. The minimum Gasteiger partial charge on any atom is -0.304 e. The normalized spacial score (nSPS) is 10.4. The summed E-state index contributed by atoms with van der Waals surface area (Å²) in [6.07, 6.45) is 1.78. The molecule has 2 aromatic heterocycles. The average molecular weight is 295 g/mol. The van der Waals surface area contributed by atoms with Crippen molar-refractivity contribution >= 4 is 11.7 Å². The molecular formula is C15H13N5O2. The molecule has 0 aliphatic carbocycles. The largest absolute Gasteiger partial charge is 0.304 e. The Morgan fingerprint density at radius 1 is 1.14 bits per heavy atom. The molecule has 2 heterocycles. The van der Waals surface area contributed by atoms with E-state index in [1.54, 1.807) is 16.9 Å². The van der Waals surface area contributed by atoms with Crippen LogP contribution in [0.25, 0.3) is 0 Å². The fraction of sp³-hybridized carbons (Fsp3) is 0.0667. The quantitative estimate of drug-likeness (QED) is 0.758. The van der Waals surface area contributed by atoms with Gasteiger partial charge in [0.2, 0.25) is 0 Å². The van der Waals surface area contributed by atoms with Crippen molar-refractivity contribution in [3.05, 3.63) is 76.3 Å². The number of benzene rings is 1. The molecule has 0 saturated carbocycles. The predicted octanol–water partition coefficient (Wildman–Crippen LogP) is 1.27. The Morgan fingerprint density at radius 3 is 2.68 bits per heavy atom. The van der Waals surface area contributed by atoms with Crippen molar-refractivity contribution in [3.8, 4) is 0 Å². The zero-order chi connectivity index (χ0) is 15.4. The van der Waals surface area contributed by atoms with Crippen molar-refractivity contribution in [2.24, 2.45) is 0 Å². The molecule has 7 nitrogen and oxygen atoms in total. The molecule has 3 rings (SSSR count). The predicted molar refractivity (Wildman–Crippen MR) is 80.6 cm³/mol. The van der Waals surface area contributed by atoms with E-state index in [4.69, 9.17) is 0 Å². The number of hydrogen-bond donors (Lipinski definition) is 2. The summed E-state index contributed by atoms with van der Waals surface area (Å²) < 4.78 is 1.73. The summed E-state index contributed by atoms with van der Waals surface area (Å²) in [7, 11) is 0. The van der Waals surface area contributed by atoms with Gasteiger partial charge < -0.3 is 5.32 Å². The molecule has 3 aromatic rings. The number of aromatic amines is 1. The van der Waals surface area contributed by atoms with Gasteiger partial charge in [-0.05, 0) is 11.6 Å². The topological polar surface area (TPSA) is 92.7 Å². The SMILES string of the molecule is O=C(Nc1ccn(Cc2ccccc2)n1)c1ccc(=O)[nH]n1. The third-order valence-electron chi connectivity index (χ3n) is 2.98. The molecule has 0 fully saturated rings. The van der Waals surface area contributed by atoms with Crippen molar-refractivity contribution in [2.75, 3.05) is 5.32 Å². The minimum absolute atomic E-state index is 0.122. The van der Waals surface area contributed by atoms with Crippen LogP contribution in [0.15, 0.2) is 59.5 Å². The fourth-order valence-electron chi connectivity index (χ4n) is 1.94. The molecule has 0 aliphatic rings. The van der Waals surface area contributed by atoms with Crippen LogP contribution in [0.5, 0.6) is 0 Å². The van der Waals surface area contributed by atoms with Crippen LogP contribution in [0.3, 0.4) is 0 Å². The van der Waals surface area contributed by atoms with Crippen LogP contribution in [-0.4, -0.2) is 25.9 Å². The van der Waals surface area contributed by atoms with Gasteiger partial charge in [0, 0.05) is 18.3 Å². The first-order valence-corrected chi connectivity index (χ1v) is 6.65. The second kappa shape index (κ2) is 6.04. The molecule has 0 radical (unpaired) electrons. The first-order chi connectivity index (χ1) is 10.7. The third-order valence-corrected chi connectivity index (χ3v) is 2.98. The Hall–Kier alpha value is -3.22. The zero-order valence-corrected chi connectivity index (χ0v) is 11.6. The van der Waals surface area contributed by atoms with Crippen molar-refractivity contribution < 1.29 is 4.79 Å². The van der Waals surface area contributed by atoms with Gasteiger partial charge in [-0.3, -0.25) is 14.3 Å². The number of aromatic nitrogens is 4. The summed E-state index contributed by atoms with van der Waals surface area (Å²) in [6, 6.07) is 14.2. The first-order valence-electron chi connectivity index (χ1n) is 6.65. The van der Waals surface area contributed by atoms with Crippen LogP contribution in [0.4, 0.5) is 5.82 Å². The Labute approximate surface area is 125 Å². The summed E-state index contributed by atoms with van der Waals surface area (Å²) in [5.41, 5.74) is 0.881. The second-order valence-corrected chi connectivity index (χ2v) is 4.64. The minimum atomic E-state index is -0.429. The van der Waals surface area contributed by atoms with Gasteiger partial charge in [0.15, 0.2) is 5.82 Å². The molecule has 0 aliphatic heterocycles. The lowest BCUT2D eigenvalue weighted by Gasteiger charge is -2.02. The number of carbonyl (C=O) groups is 1. The van der Waals surface area contributed by atoms with Crippen LogP contribution in [0.2, 0.25) is 0 Å². The van der Waals surface area contributed by atoms with Crippen LogP contribution in [0, 0.1) is 0 Å². The maximum absolute atomic E-state index is 11.9. The summed E-state index contributed by atoms with van der Waals surface area (Å²) >= 11 is 0. The van der Waals surface area contributed by atoms with Gasteiger partial charge in [0.05, 0.1) is 6.54 Å². The Kier molecular flexibility index (Phi) is 3.78. The number of anilines is 1. The van der Waals surface area contributed by atoms with Crippen molar-refractivity contribution in [1.29, 1.82) is 0 Å². The van der Waals surface area contributed by atoms with Crippen LogP contribution in [-0.2, 0) is 6.54 Å². The van der Waals surface area contributed by atoms with Crippen LogP contribution in [0.1, 0.15) is 16.1 Å². The zero-order valence-electron chi connectivity index (χ0n) is 11.6. The van der Waals surface area contributed by atoms with Crippen LogP contribution < -0.4 is 10.9 Å². The van der Waals surface area contributed by atoms with E-state index in [2.05, 4.69) is 20.6 Å². The molecule has 0 bridgehead atoms.